The van der Waals surface area contributed by atoms with Crippen LogP contribution < -0.4 is 18.9 Å². The van der Waals surface area contributed by atoms with Crippen LogP contribution in [0, 0.1) is 0 Å². The van der Waals surface area contributed by atoms with Gasteiger partial charge in [0, 0.05) is 6.04 Å². The molecule has 0 spiro atoms. The first-order valence-electron chi connectivity index (χ1n) is 22.2. The Hall–Kier alpha value is -4.83. The van der Waals surface area contributed by atoms with Crippen molar-refractivity contribution in [2.45, 2.75) is 116 Å². The average Bonchev–Trinajstić information content (AvgIpc) is 3.89. The number of ether oxygens (including phenoxy) is 4. The van der Waals surface area contributed by atoms with E-state index in [9.17, 15) is 9.90 Å². The highest BCUT2D eigenvalue weighted by Crippen LogP contribution is 2.48. The van der Waals surface area contributed by atoms with Crippen molar-refractivity contribution in [2.75, 3.05) is 35.0 Å². The number of carbonyl (C=O) groups excluding carboxylic acids is 1. The van der Waals surface area contributed by atoms with Crippen LogP contribution in [0.15, 0.2) is 97.1 Å². The van der Waals surface area contributed by atoms with Crippen LogP contribution in [0.4, 0.5) is 0 Å². The van der Waals surface area contributed by atoms with Crippen LogP contribution in [0.5, 0.6) is 23.0 Å². The minimum Gasteiger partial charge on any atom is -0.496 e. The van der Waals surface area contributed by atoms with Gasteiger partial charge in [-0.3, -0.25) is 4.79 Å². The maximum atomic E-state index is 11.1. The number of hydrogen-bond donors (Lipinski definition) is 1. The zero-order valence-electron chi connectivity index (χ0n) is 38.2. The second-order valence-electron chi connectivity index (χ2n) is 15.9. The summed E-state index contributed by atoms with van der Waals surface area (Å²) in [7, 11) is 6.76. The molecule has 2 heterocycles. The molecule has 2 aliphatic rings. The molecule has 328 valence electrons. The standard InChI is InChI=1S/C18H20BNO.C17H26O3.C17H24O3/c1-19-20-14-8-13-17(20)18(21-19,15-9-4-2-5-10-15)16-11-6-3-7-12-16;2*1-5-6-7-8-14-11-16(19-3)15(10-9-13(2)18)17(12-14)20-4/h2-7,9-12,17H,8,13-14H2,1H3;9-13,18H,5-8H2,1-4H3;9-12H,5-8H2,1-4H3/b;2*10-9+/t17-;13-;/m00./s1. The molecule has 4 aromatic carbocycles. The van der Waals surface area contributed by atoms with Gasteiger partial charge >= 0.3 is 7.05 Å². The van der Waals surface area contributed by atoms with Gasteiger partial charge in [-0.05, 0) is 130 Å². The van der Waals surface area contributed by atoms with Crippen molar-refractivity contribution in [3.05, 3.63) is 130 Å². The lowest BCUT2D eigenvalue weighted by Crippen LogP contribution is -2.41. The third-order valence-corrected chi connectivity index (χ3v) is 11.4. The van der Waals surface area contributed by atoms with Gasteiger partial charge in [-0.2, -0.15) is 0 Å². The minimum atomic E-state index is -0.492. The number of aliphatic hydroxyl groups excluding tert-OH is 1. The summed E-state index contributed by atoms with van der Waals surface area (Å²) in [6, 6.07) is 30.1. The van der Waals surface area contributed by atoms with E-state index in [0.29, 0.717) is 6.04 Å². The van der Waals surface area contributed by atoms with Gasteiger partial charge < -0.3 is 33.5 Å². The Kier molecular flexibility index (Phi) is 20.2. The molecular formula is C52H70BNO7. The lowest BCUT2D eigenvalue weighted by Gasteiger charge is -2.36. The molecule has 2 aliphatic heterocycles. The van der Waals surface area contributed by atoms with E-state index in [1.807, 2.05) is 18.2 Å². The fraction of sp³-hybridized carbons (Fsp3) is 0.442. The highest BCUT2D eigenvalue weighted by atomic mass is 16.5. The van der Waals surface area contributed by atoms with Crippen LogP contribution in [0.3, 0.4) is 0 Å². The van der Waals surface area contributed by atoms with Crippen LogP contribution in [-0.2, 0) is 27.9 Å². The number of benzene rings is 4. The maximum absolute atomic E-state index is 11.1. The fourth-order valence-electron chi connectivity index (χ4n) is 8.33. The smallest absolute Gasteiger partial charge is 0.380 e. The van der Waals surface area contributed by atoms with Crippen LogP contribution >= 0.6 is 0 Å². The molecule has 0 aromatic heterocycles. The normalized spacial score (nSPS) is 16.0. The summed E-state index contributed by atoms with van der Waals surface area (Å²) in [5.74, 6) is 3.06. The first-order chi connectivity index (χ1) is 29.6. The van der Waals surface area contributed by atoms with Crippen molar-refractivity contribution in [3.63, 3.8) is 0 Å². The number of methoxy groups -OCH3 is 4. The number of aryl methyl sites for hydroxylation is 2. The highest BCUT2D eigenvalue weighted by molar-refractivity contribution is 6.48. The molecule has 0 saturated carbocycles. The Bertz CT molecular complexity index is 1890. The van der Waals surface area contributed by atoms with E-state index in [-0.39, 0.29) is 18.4 Å². The third kappa shape index (κ3) is 13.3. The molecule has 8 nitrogen and oxygen atoms in total. The molecule has 0 radical (unpaired) electrons. The molecule has 0 aliphatic carbocycles. The Morgan fingerprint density at radius 2 is 1.21 bits per heavy atom. The zero-order valence-corrected chi connectivity index (χ0v) is 38.2. The van der Waals surface area contributed by atoms with Crippen LogP contribution in [-0.4, -0.2) is 69.9 Å². The minimum absolute atomic E-state index is 0.00104. The third-order valence-electron chi connectivity index (χ3n) is 11.4. The molecule has 6 rings (SSSR count). The van der Waals surface area contributed by atoms with E-state index >= 15 is 0 Å². The zero-order chi connectivity index (χ0) is 44.2. The van der Waals surface area contributed by atoms with Crippen LogP contribution in [0.25, 0.3) is 12.2 Å². The predicted octanol–water partition coefficient (Wildman–Crippen LogP) is 11.4. The quantitative estimate of drug-likeness (QED) is 0.0603. The number of fused-ring (bicyclic) bond motifs is 1. The van der Waals surface area contributed by atoms with E-state index in [4.69, 9.17) is 23.6 Å². The summed E-state index contributed by atoms with van der Waals surface area (Å²) >= 11 is 0. The summed E-state index contributed by atoms with van der Waals surface area (Å²) in [4.78, 5) is 13.6. The van der Waals surface area contributed by atoms with Gasteiger partial charge in [0.25, 0.3) is 0 Å². The molecular weight excluding hydrogens is 761 g/mol. The number of unbranched alkanes of at least 4 members (excludes halogenated alkanes) is 4. The van der Waals surface area contributed by atoms with Gasteiger partial charge in [0.15, 0.2) is 5.78 Å². The van der Waals surface area contributed by atoms with Crippen molar-refractivity contribution in [3.8, 4) is 23.0 Å². The molecule has 2 fully saturated rings. The molecule has 4 aromatic rings. The summed E-state index contributed by atoms with van der Waals surface area (Å²) in [5.41, 5.74) is 6.33. The van der Waals surface area contributed by atoms with Crippen molar-refractivity contribution in [1.29, 1.82) is 0 Å². The monoisotopic (exact) mass is 832 g/mol. The SMILES string of the molecule is CB1OC(c2ccccc2)(c2ccccc2)[C@@H]2CCCN12.CCCCCc1cc(OC)c(/C=C/C(C)=O)c(OC)c1.CCCCCc1cc(OC)c(/C=C/[C@H](C)O)c(OC)c1. The first-order valence-corrected chi connectivity index (χ1v) is 22.2. The Balaban J connectivity index is 0.000000202. The van der Waals surface area contributed by atoms with Gasteiger partial charge in [-0.25, -0.2) is 0 Å². The fourth-order valence-corrected chi connectivity index (χ4v) is 8.33. The summed E-state index contributed by atoms with van der Waals surface area (Å²) in [5, 5.41) is 9.37. The molecule has 1 N–H and O–H groups in total. The average molecular weight is 832 g/mol. The van der Waals surface area contributed by atoms with E-state index in [1.54, 1.807) is 47.5 Å². The largest absolute Gasteiger partial charge is 0.496 e. The molecule has 2 atom stereocenters. The van der Waals surface area contributed by atoms with E-state index in [0.717, 1.165) is 59.9 Å². The lowest BCUT2D eigenvalue weighted by atomic mass is 9.79. The molecule has 0 bridgehead atoms. The molecule has 9 heteroatoms. The Morgan fingerprint density at radius 3 is 1.61 bits per heavy atom. The van der Waals surface area contributed by atoms with Crippen molar-refractivity contribution in [1.82, 2.24) is 4.81 Å². The van der Waals surface area contributed by atoms with Gasteiger partial charge in [-0.15, -0.1) is 0 Å². The number of ketones is 1. The summed E-state index contributed by atoms with van der Waals surface area (Å²) in [6.45, 7) is 11.0. The van der Waals surface area contributed by atoms with Crippen molar-refractivity contribution < 1.29 is 33.5 Å². The number of carbonyl (C=O) groups is 1. The van der Waals surface area contributed by atoms with E-state index < -0.39 is 6.10 Å². The van der Waals surface area contributed by atoms with Gasteiger partial charge in [0.05, 0.1) is 45.7 Å². The summed E-state index contributed by atoms with van der Waals surface area (Å²) < 4.78 is 28.4. The molecule has 0 amide bonds. The molecule has 2 saturated heterocycles. The van der Waals surface area contributed by atoms with Crippen molar-refractivity contribution >= 4 is 25.0 Å². The number of rotatable bonds is 18. The molecule has 61 heavy (non-hydrogen) atoms. The second kappa shape index (κ2) is 25.2. The van der Waals surface area contributed by atoms with Crippen LogP contribution in [0.1, 0.15) is 112 Å². The van der Waals surface area contributed by atoms with E-state index in [1.165, 1.54) is 80.2 Å². The van der Waals surface area contributed by atoms with Gasteiger partial charge in [0.1, 0.15) is 28.6 Å². The number of allylic oxidation sites excluding steroid dienone is 1. The predicted molar refractivity (Wildman–Crippen MR) is 252 cm³/mol. The molecule has 0 unspecified atom stereocenters. The summed E-state index contributed by atoms with van der Waals surface area (Å²) in [6.07, 6.45) is 18.0. The maximum Gasteiger partial charge on any atom is 0.380 e. The van der Waals surface area contributed by atoms with E-state index in [2.05, 4.69) is 98.3 Å². The van der Waals surface area contributed by atoms with Gasteiger partial charge in [0.2, 0.25) is 0 Å². The number of nitrogens with zero attached hydrogens (tertiary/aromatic N) is 1. The Morgan fingerprint density at radius 1 is 0.770 bits per heavy atom. The van der Waals surface area contributed by atoms with Crippen molar-refractivity contribution in [2.24, 2.45) is 0 Å². The highest BCUT2D eigenvalue weighted by Gasteiger charge is 2.56. The van der Waals surface area contributed by atoms with Gasteiger partial charge in [-0.1, -0.05) is 106 Å². The second-order valence-corrected chi connectivity index (χ2v) is 15.9. The number of hydrogen-bond acceptors (Lipinski definition) is 8. The Labute approximate surface area is 367 Å². The lowest BCUT2D eigenvalue weighted by molar-refractivity contribution is -0.112. The first kappa shape index (κ1) is 48.8. The topological polar surface area (TPSA) is 86.7 Å². The van der Waals surface area contributed by atoms with Crippen LogP contribution in [0.2, 0.25) is 6.82 Å². The number of aliphatic hydroxyl groups is 1.